The second kappa shape index (κ2) is 8.37. The molecule has 1 amide bonds. The molecule has 8 nitrogen and oxygen atoms in total. The molecule has 0 saturated carbocycles. The minimum absolute atomic E-state index is 0.0859. The molecule has 3 heterocycles. The van der Waals surface area contributed by atoms with Crippen molar-refractivity contribution in [1.29, 1.82) is 0 Å². The number of benzene rings is 2. The Kier molecular flexibility index (Phi) is 5.26. The molecule has 0 bridgehead atoms. The highest BCUT2D eigenvalue weighted by Crippen LogP contribution is 2.34. The van der Waals surface area contributed by atoms with Crippen LogP contribution in [0.3, 0.4) is 0 Å². The zero-order valence-corrected chi connectivity index (χ0v) is 18.1. The predicted octanol–water partition coefficient (Wildman–Crippen LogP) is 4.17. The molecule has 5 rings (SSSR count). The summed E-state index contributed by atoms with van der Waals surface area (Å²) >= 11 is 0. The van der Waals surface area contributed by atoms with Crippen LogP contribution in [0.1, 0.15) is 53.2 Å². The van der Waals surface area contributed by atoms with Gasteiger partial charge in [0.05, 0.1) is 23.6 Å². The molecule has 2 aromatic heterocycles. The summed E-state index contributed by atoms with van der Waals surface area (Å²) in [5, 5.41) is 12.7. The van der Waals surface area contributed by atoms with Gasteiger partial charge >= 0.3 is 0 Å². The van der Waals surface area contributed by atoms with E-state index in [9.17, 15) is 4.79 Å². The summed E-state index contributed by atoms with van der Waals surface area (Å²) in [6, 6.07) is 13.5. The van der Waals surface area contributed by atoms with Crippen molar-refractivity contribution in [2.24, 2.45) is 0 Å². The van der Waals surface area contributed by atoms with Crippen LogP contribution in [0.15, 0.2) is 59.4 Å². The van der Waals surface area contributed by atoms with Gasteiger partial charge in [-0.3, -0.25) is 4.79 Å². The second-order valence-electron chi connectivity index (χ2n) is 7.96. The van der Waals surface area contributed by atoms with E-state index in [2.05, 4.69) is 33.3 Å². The molecule has 162 valence electrons. The van der Waals surface area contributed by atoms with Crippen molar-refractivity contribution >= 4 is 5.91 Å². The number of likely N-dealkylation sites (tertiary alicyclic amines) is 1. The molecule has 32 heavy (non-hydrogen) atoms. The van der Waals surface area contributed by atoms with Crippen LogP contribution in [-0.4, -0.2) is 42.5 Å². The van der Waals surface area contributed by atoms with Gasteiger partial charge in [-0.05, 0) is 43.9 Å². The average molecular weight is 428 g/mol. The zero-order chi connectivity index (χ0) is 22.1. The summed E-state index contributed by atoms with van der Waals surface area (Å²) in [7, 11) is 0. The Morgan fingerprint density at radius 1 is 1.16 bits per heavy atom. The van der Waals surface area contributed by atoms with Crippen LogP contribution < -0.4 is 0 Å². The van der Waals surface area contributed by atoms with E-state index in [1.807, 2.05) is 48.2 Å². The third-order valence-corrected chi connectivity index (χ3v) is 5.90. The van der Waals surface area contributed by atoms with Gasteiger partial charge in [-0.1, -0.05) is 48.0 Å². The highest BCUT2D eigenvalue weighted by Gasteiger charge is 2.36. The number of nitrogens with zero attached hydrogens (tertiary/aromatic N) is 6. The molecule has 1 fully saturated rings. The number of aromatic nitrogens is 5. The van der Waals surface area contributed by atoms with E-state index in [1.54, 1.807) is 12.4 Å². The van der Waals surface area contributed by atoms with E-state index in [0.717, 1.165) is 36.0 Å². The highest BCUT2D eigenvalue weighted by atomic mass is 16.5. The van der Waals surface area contributed by atoms with E-state index < -0.39 is 0 Å². The van der Waals surface area contributed by atoms with Crippen molar-refractivity contribution in [2.45, 2.75) is 39.2 Å². The normalized spacial score (nSPS) is 15.9. The van der Waals surface area contributed by atoms with Crippen LogP contribution in [0.5, 0.6) is 0 Å². The van der Waals surface area contributed by atoms with Crippen LogP contribution in [0.2, 0.25) is 0 Å². The van der Waals surface area contributed by atoms with Crippen molar-refractivity contribution in [3.63, 3.8) is 0 Å². The molecule has 1 aliphatic heterocycles. The van der Waals surface area contributed by atoms with Gasteiger partial charge in [0.15, 0.2) is 0 Å². The van der Waals surface area contributed by atoms with E-state index in [0.29, 0.717) is 29.5 Å². The van der Waals surface area contributed by atoms with Gasteiger partial charge in [0, 0.05) is 12.1 Å². The molecule has 1 saturated heterocycles. The second-order valence-corrected chi connectivity index (χ2v) is 7.96. The van der Waals surface area contributed by atoms with E-state index in [1.165, 1.54) is 4.80 Å². The maximum atomic E-state index is 13.6. The Labute approximate surface area is 185 Å². The highest BCUT2D eigenvalue weighted by molar-refractivity contribution is 5.98. The summed E-state index contributed by atoms with van der Waals surface area (Å²) < 4.78 is 5.66. The lowest BCUT2D eigenvalue weighted by molar-refractivity contribution is 0.0709. The van der Waals surface area contributed by atoms with Gasteiger partial charge in [-0.15, -0.1) is 0 Å². The van der Waals surface area contributed by atoms with Gasteiger partial charge in [-0.2, -0.15) is 20.0 Å². The first-order chi connectivity index (χ1) is 15.7. The first-order valence-corrected chi connectivity index (χ1v) is 10.9. The summed E-state index contributed by atoms with van der Waals surface area (Å²) in [4.78, 5) is 21.6. The Morgan fingerprint density at radius 3 is 2.78 bits per heavy atom. The van der Waals surface area contributed by atoms with Gasteiger partial charge in [0.2, 0.25) is 11.7 Å². The topological polar surface area (TPSA) is 89.9 Å². The molecule has 1 atom stereocenters. The zero-order valence-electron chi connectivity index (χ0n) is 18.1. The van der Waals surface area contributed by atoms with Crippen LogP contribution in [0.4, 0.5) is 0 Å². The summed E-state index contributed by atoms with van der Waals surface area (Å²) in [5.74, 6) is 0.953. The van der Waals surface area contributed by atoms with E-state index >= 15 is 0 Å². The molecule has 0 aliphatic carbocycles. The number of aryl methyl sites for hydroxylation is 2. The lowest BCUT2D eigenvalue weighted by Crippen LogP contribution is -2.31. The van der Waals surface area contributed by atoms with Crippen molar-refractivity contribution in [2.75, 3.05) is 6.54 Å². The number of amides is 1. The van der Waals surface area contributed by atoms with Crippen molar-refractivity contribution in [3.8, 4) is 17.1 Å². The summed E-state index contributed by atoms with van der Waals surface area (Å²) in [6.07, 6.45) is 5.73. The van der Waals surface area contributed by atoms with Crippen LogP contribution >= 0.6 is 0 Å². The average Bonchev–Trinajstić information content (AvgIpc) is 3.59. The summed E-state index contributed by atoms with van der Waals surface area (Å²) in [5.41, 5.74) is 4.33. The number of hydrogen-bond acceptors (Lipinski definition) is 6. The van der Waals surface area contributed by atoms with E-state index in [-0.39, 0.29) is 11.9 Å². The largest absolute Gasteiger partial charge is 0.337 e. The molecular weight excluding hydrogens is 404 g/mol. The number of carbonyl (C=O) groups excluding carboxylic acids is 1. The van der Waals surface area contributed by atoms with Gasteiger partial charge in [0.1, 0.15) is 6.04 Å². The summed E-state index contributed by atoms with van der Waals surface area (Å²) in [6.45, 7) is 4.70. The van der Waals surface area contributed by atoms with E-state index in [4.69, 9.17) is 4.52 Å². The number of rotatable bonds is 5. The third-order valence-electron chi connectivity index (χ3n) is 5.90. The van der Waals surface area contributed by atoms with Crippen molar-refractivity contribution < 1.29 is 9.32 Å². The van der Waals surface area contributed by atoms with Gasteiger partial charge in [0.25, 0.3) is 5.91 Å². The van der Waals surface area contributed by atoms with Gasteiger partial charge in [-0.25, -0.2) is 0 Å². The fourth-order valence-electron chi connectivity index (χ4n) is 4.28. The maximum absolute atomic E-state index is 13.6. The fraction of sp³-hybridized carbons (Fsp3) is 0.292. The molecular formula is C24H24N6O2. The molecule has 8 heteroatoms. The minimum Gasteiger partial charge on any atom is -0.337 e. The monoisotopic (exact) mass is 428 g/mol. The molecule has 1 aliphatic rings. The minimum atomic E-state index is -0.253. The molecule has 4 aromatic rings. The molecule has 0 spiro atoms. The number of carbonyl (C=O) groups is 1. The lowest BCUT2D eigenvalue weighted by atomic mass is 10.1. The first kappa shape index (κ1) is 20.1. The smallest absolute Gasteiger partial charge is 0.256 e. The Bertz CT molecular complexity index is 1250. The SMILES string of the molecule is CCc1ccccc1-c1noc(C2CCCN2C(=O)c2cc(C)ccc2-n2nccn2)n1. The number of hydrogen-bond donors (Lipinski definition) is 0. The Hall–Kier alpha value is -3.81. The first-order valence-electron chi connectivity index (χ1n) is 10.9. The molecule has 0 N–H and O–H groups in total. The standard InChI is InChI=1S/C24H24N6O2/c1-3-17-7-4-5-8-18(17)22-27-23(32-28-22)21-9-6-14-29(21)24(31)19-15-16(2)10-11-20(19)30-25-12-13-26-30/h4-5,7-8,10-13,15,21H,3,6,9,14H2,1-2H3. The predicted molar refractivity (Wildman–Crippen MR) is 118 cm³/mol. The third kappa shape index (κ3) is 3.57. The molecule has 1 unspecified atom stereocenters. The Morgan fingerprint density at radius 2 is 1.97 bits per heavy atom. The maximum Gasteiger partial charge on any atom is 0.256 e. The Balaban J connectivity index is 1.47. The van der Waals surface area contributed by atoms with Crippen LogP contribution in [-0.2, 0) is 6.42 Å². The molecule has 0 radical (unpaired) electrons. The van der Waals surface area contributed by atoms with Crippen molar-refractivity contribution in [1.82, 2.24) is 30.0 Å². The van der Waals surface area contributed by atoms with Gasteiger partial charge < -0.3 is 9.42 Å². The van der Waals surface area contributed by atoms with Crippen LogP contribution in [0.25, 0.3) is 17.1 Å². The van der Waals surface area contributed by atoms with Crippen molar-refractivity contribution in [3.05, 3.63) is 77.4 Å². The quantitative estimate of drug-likeness (QED) is 0.474. The fourth-order valence-corrected chi connectivity index (χ4v) is 4.28. The van der Waals surface area contributed by atoms with Crippen LogP contribution in [0, 0.1) is 6.92 Å². The molecule has 2 aromatic carbocycles. The lowest BCUT2D eigenvalue weighted by Gasteiger charge is -2.23.